The first-order valence-corrected chi connectivity index (χ1v) is 25.7. The van der Waals surface area contributed by atoms with E-state index in [0.717, 1.165) is 11.3 Å². The Labute approximate surface area is 427 Å². The van der Waals surface area contributed by atoms with E-state index in [2.05, 4.69) is 16.9 Å². The van der Waals surface area contributed by atoms with Crippen LogP contribution in [0, 0.1) is 30.1 Å². The van der Waals surface area contributed by atoms with Crippen LogP contribution in [0.1, 0.15) is 119 Å². The summed E-state index contributed by atoms with van der Waals surface area (Å²) in [6, 6.07) is 5.49. The quantitative estimate of drug-likeness (QED) is 0.0988. The lowest BCUT2D eigenvalue weighted by Gasteiger charge is -2.49. The number of esters is 1. The molecule has 0 spiro atoms. The number of ether oxygens (including phenoxy) is 7. The van der Waals surface area contributed by atoms with Crippen LogP contribution in [0.15, 0.2) is 36.2 Å². The molecule has 19 heteroatoms. The fourth-order valence-corrected chi connectivity index (χ4v) is 11.4. The van der Waals surface area contributed by atoms with Crippen LogP contribution in [-0.2, 0) is 38.0 Å². The average molecular weight is 1020 g/mol. The van der Waals surface area contributed by atoms with Crippen molar-refractivity contribution in [3.8, 4) is 12.3 Å². The second-order valence-corrected chi connectivity index (χ2v) is 21.9. The van der Waals surface area contributed by atoms with E-state index in [-0.39, 0.29) is 25.2 Å². The molecule has 0 unspecified atom stereocenters. The minimum atomic E-state index is -1.85. The Morgan fingerprint density at radius 2 is 1.67 bits per heavy atom. The summed E-state index contributed by atoms with van der Waals surface area (Å²) in [5, 5.41) is 61.4. The van der Waals surface area contributed by atoms with Gasteiger partial charge in [-0.25, -0.2) is 4.39 Å². The predicted molar refractivity (Wildman–Crippen MR) is 268 cm³/mol. The maximum atomic E-state index is 14.7. The first-order chi connectivity index (χ1) is 33.8. The van der Waals surface area contributed by atoms with E-state index >= 15 is 0 Å². The second kappa shape index (κ2) is 25.2. The highest BCUT2D eigenvalue weighted by Gasteiger charge is 2.53. The van der Waals surface area contributed by atoms with Crippen LogP contribution in [0.25, 0.3) is 0 Å². The number of hydrogen-bond acceptors (Lipinski definition) is 18. The van der Waals surface area contributed by atoms with E-state index in [4.69, 9.17) is 39.6 Å². The summed E-state index contributed by atoms with van der Waals surface area (Å²) < 4.78 is 58.8. The Hall–Kier alpha value is -3.04. The van der Waals surface area contributed by atoms with Crippen molar-refractivity contribution in [2.24, 2.45) is 17.8 Å². The molecule has 0 amide bonds. The molecule has 4 aliphatic heterocycles. The molecule has 3 saturated heterocycles. The Morgan fingerprint density at radius 3 is 2.26 bits per heavy atom. The van der Waals surface area contributed by atoms with Crippen molar-refractivity contribution < 1.29 is 67.9 Å². The number of rotatable bonds is 15. The molecule has 4 heterocycles. The molecule has 0 aliphatic carbocycles. The van der Waals surface area contributed by atoms with Gasteiger partial charge in [-0.3, -0.25) is 9.80 Å². The number of methoxy groups -OCH3 is 2. The van der Waals surface area contributed by atoms with Crippen molar-refractivity contribution >= 4 is 5.97 Å². The lowest BCUT2D eigenvalue weighted by atomic mass is 9.77. The number of nitrogens with zero attached hydrogens (tertiary/aromatic N) is 3. The van der Waals surface area contributed by atoms with Crippen molar-refractivity contribution in [2.75, 3.05) is 48.1 Å². The number of hydrazine groups is 2. The van der Waals surface area contributed by atoms with Gasteiger partial charge in [-0.1, -0.05) is 38.8 Å². The van der Waals surface area contributed by atoms with E-state index in [9.17, 15) is 34.7 Å². The third-order valence-corrected chi connectivity index (χ3v) is 16.0. The third-order valence-electron chi connectivity index (χ3n) is 16.0. The monoisotopic (exact) mass is 1020 g/mol. The Bertz CT molecular complexity index is 1960. The Kier molecular flexibility index (Phi) is 20.9. The maximum absolute atomic E-state index is 14.7. The summed E-state index contributed by atoms with van der Waals surface area (Å²) in [5.41, 5.74) is 3.91. The smallest absolute Gasteiger partial charge is 0.311 e. The fraction of sp³-hybridized carbons (Fsp3) is 0.792. The summed E-state index contributed by atoms with van der Waals surface area (Å²) in [5.74, 6) is -0.258. The van der Waals surface area contributed by atoms with Crippen molar-refractivity contribution in [2.45, 2.75) is 204 Å². The number of aliphatic hydroxyl groups is 5. The van der Waals surface area contributed by atoms with Gasteiger partial charge < -0.3 is 73.9 Å². The molecule has 4 aliphatic rings. The van der Waals surface area contributed by atoms with Gasteiger partial charge in [-0.2, -0.15) is 0 Å². The van der Waals surface area contributed by atoms with E-state index < -0.39 is 127 Å². The largest absolute Gasteiger partial charge is 0.459 e. The van der Waals surface area contributed by atoms with Crippen molar-refractivity contribution in [3.05, 3.63) is 47.3 Å². The van der Waals surface area contributed by atoms with E-state index in [1.165, 1.54) is 21.1 Å². The molecule has 72 heavy (non-hydrogen) atoms. The van der Waals surface area contributed by atoms with E-state index in [1.807, 2.05) is 56.1 Å². The molecule has 18 nitrogen and oxygen atoms in total. The normalized spacial score (nSPS) is 40.8. The first-order valence-electron chi connectivity index (χ1n) is 25.7. The molecule has 7 N–H and O–H groups in total. The number of halogens is 1. The summed E-state index contributed by atoms with van der Waals surface area (Å²) in [6.45, 7) is 17.6. The standard InChI is InChI=1S/C53H88FN5O13/c1-16-36-18-20-37(21-19-36)45(66-14)40(27-54)59-29-38(55-56-59)22-23-57(12)39-24-31(4)68-50(43(39)60)72-48-32(5)44(71-42-26-52(10,67-15)47(62)35(8)69-42)33(6)49(63)70-41(17-2)53(11,65)46(61)34(7)58(13)28-30(3)25-51(48,9)64/h1,18-21,29-35,39-48,50,55-56,60-62,64-65H,17,22-28H2,2-15H3/t30-,31-,32+,33-,34-,35+,39+,40-,41-,42+,43-,44+,45-,46-,47+,48-,50+,51-,52-,53-/m1/s1. The molecule has 3 fully saturated rings. The summed E-state index contributed by atoms with van der Waals surface area (Å²) in [4.78, 5) is 18.4. The van der Waals surface area contributed by atoms with Gasteiger partial charge in [0.25, 0.3) is 0 Å². The zero-order chi connectivity index (χ0) is 53.6. The number of benzene rings is 1. The SMILES string of the molecule is C#Cc1ccc([C@@H](OC)[C@@H](CF)N2C=C(CCN(C)[C@H]3C[C@@H](C)O[C@@H](O[C@@H]4[C@@H](C)[C@H](O[C@H]5C[C@@](C)(OC)[C@@H](O)[C@H](C)O5)[C@@H](C)C(=O)O[C@H](CC)[C@@](C)(O)[C@H](O)[C@@H](C)N(C)C[C@H](C)C[C@@]4(C)O)[C@@H]3O)NN2)cc1. The Morgan fingerprint density at radius 1 is 1.00 bits per heavy atom. The molecule has 0 aromatic heterocycles. The minimum absolute atomic E-state index is 0.0877. The molecule has 0 saturated carbocycles. The van der Waals surface area contributed by atoms with E-state index in [1.54, 1.807) is 65.6 Å². The highest BCUT2D eigenvalue weighted by Crippen LogP contribution is 2.40. The molecule has 0 bridgehead atoms. The number of terminal acetylenes is 1. The summed E-state index contributed by atoms with van der Waals surface area (Å²) in [7, 11) is 6.77. The summed E-state index contributed by atoms with van der Waals surface area (Å²) >= 11 is 0. The van der Waals surface area contributed by atoms with Crippen molar-refractivity contribution in [1.29, 1.82) is 0 Å². The molecule has 410 valence electrons. The summed E-state index contributed by atoms with van der Waals surface area (Å²) in [6.07, 6.45) is -2.11. The fourth-order valence-electron chi connectivity index (χ4n) is 11.4. The molecular formula is C53H88FN5O13. The lowest BCUT2D eigenvalue weighted by molar-refractivity contribution is -0.318. The predicted octanol–water partition coefficient (Wildman–Crippen LogP) is 3.53. The van der Waals surface area contributed by atoms with Gasteiger partial charge in [0.05, 0.1) is 41.5 Å². The zero-order valence-corrected chi connectivity index (χ0v) is 45.2. The zero-order valence-electron chi connectivity index (χ0n) is 45.2. The maximum Gasteiger partial charge on any atom is 0.311 e. The van der Waals surface area contributed by atoms with Crippen LogP contribution in [0.5, 0.6) is 0 Å². The van der Waals surface area contributed by atoms with Gasteiger partial charge in [-0.15, -0.1) is 12.0 Å². The van der Waals surface area contributed by atoms with Crippen LogP contribution in [0.2, 0.25) is 0 Å². The van der Waals surface area contributed by atoms with Gasteiger partial charge in [0.15, 0.2) is 12.6 Å². The van der Waals surface area contributed by atoms with E-state index in [0.29, 0.717) is 31.5 Å². The number of likely N-dealkylation sites (N-methyl/N-ethyl adjacent to an activating group) is 2. The number of aliphatic hydroxyl groups excluding tert-OH is 3. The van der Waals surface area contributed by atoms with Gasteiger partial charge in [0.2, 0.25) is 0 Å². The minimum Gasteiger partial charge on any atom is -0.459 e. The van der Waals surface area contributed by atoms with Gasteiger partial charge in [0, 0.05) is 75.6 Å². The molecule has 20 atom stereocenters. The number of hydrogen-bond donors (Lipinski definition) is 7. The number of nitrogens with one attached hydrogen (secondary N) is 2. The molecule has 1 aromatic rings. The number of alkyl halides is 1. The third kappa shape index (κ3) is 13.7. The number of carbonyl (C=O) groups is 1. The Balaban J connectivity index is 1.44. The highest BCUT2D eigenvalue weighted by atomic mass is 19.1. The van der Waals surface area contributed by atoms with Crippen molar-refractivity contribution in [3.63, 3.8) is 0 Å². The first kappa shape index (κ1) is 59.8. The van der Waals surface area contributed by atoms with Crippen LogP contribution in [0.4, 0.5) is 4.39 Å². The van der Waals surface area contributed by atoms with Crippen LogP contribution >= 0.6 is 0 Å². The highest BCUT2D eigenvalue weighted by molar-refractivity contribution is 5.73. The molecule has 5 rings (SSSR count). The molecule has 1 aromatic carbocycles. The van der Waals surface area contributed by atoms with Gasteiger partial charge in [-0.05, 0) is 105 Å². The number of carbonyl (C=O) groups excluding carboxylic acids is 1. The van der Waals surface area contributed by atoms with Crippen LogP contribution < -0.4 is 11.0 Å². The lowest BCUT2D eigenvalue weighted by Crippen LogP contribution is -2.61. The topological polar surface area (TPSA) is 217 Å². The second-order valence-electron chi connectivity index (χ2n) is 21.9. The number of cyclic esters (lactones) is 1. The van der Waals surface area contributed by atoms with Crippen molar-refractivity contribution in [1.82, 2.24) is 25.8 Å². The average Bonchev–Trinajstić information content (AvgIpc) is 3.81. The molecular weight excluding hydrogens is 934 g/mol. The molecule has 0 radical (unpaired) electrons. The van der Waals surface area contributed by atoms with Gasteiger partial charge >= 0.3 is 5.97 Å². The van der Waals surface area contributed by atoms with Crippen LogP contribution in [-0.4, -0.2) is 191 Å². The van der Waals surface area contributed by atoms with Crippen LogP contribution in [0.3, 0.4) is 0 Å². The van der Waals surface area contributed by atoms with Gasteiger partial charge in [0.1, 0.15) is 48.8 Å².